The molecular weight excluding hydrogens is 485 g/mol. The summed E-state index contributed by atoms with van der Waals surface area (Å²) in [5.74, 6) is -1.46. The number of aliphatic carboxylic acids is 1. The molecule has 0 aliphatic heterocycles. The van der Waals surface area contributed by atoms with Gasteiger partial charge in [-0.3, -0.25) is 4.79 Å². The van der Waals surface area contributed by atoms with Crippen LogP contribution in [0.5, 0.6) is 0 Å². The molecule has 3 N–H and O–H groups in total. The van der Waals surface area contributed by atoms with Crippen molar-refractivity contribution >= 4 is 28.7 Å². The lowest BCUT2D eigenvalue weighted by Crippen LogP contribution is -2.35. The fraction of sp³-hybridized carbons (Fsp3) is 0.407. The Morgan fingerprint density at radius 1 is 0.973 bits per heavy atom. The van der Waals surface area contributed by atoms with Gasteiger partial charge in [-0.1, -0.05) is 62.4 Å². The summed E-state index contributed by atoms with van der Waals surface area (Å²) in [7, 11) is 0. The van der Waals surface area contributed by atoms with Crippen molar-refractivity contribution in [2.45, 2.75) is 64.2 Å². The summed E-state index contributed by atoms with van der Waals surface area (Å²) in [6.45, 7) is 4.93. The number of benzene rings is 2. The van der Waals surface area contributed by atoms with Crippen LogP contribution in [-0.4, -0.2) is 39.2 Å². The van der Waals surface area contributed by atoms with Crippen molar-refractivity contribution in [3.8, 4) is 0 Å². The lowest BCUT2D eigenvalue weighted by Gasteiger charge is -2.28. The first-order valence-corrected chi connectivity index (χ1v) is 12.2. The van der Waals surface area contributed by atoms with Gasteiger partial charge in [-0.25, -0.2) is 14.8 Å². The Labute approximate surface area is 213 Å². The number of para-hydroxylation sites is 1. The van der Waals surface area contributed by atoms with Gasteiger partial charge in [0.25, 0.3) is 0 Å². The van der Waals surface area contributed by atoms with Crippen molar-refractivity contribution in [1.82, 2.24) is 15.3 Å². The van der Waals surface area contributed by atoms with E-state index in [9.17, 15) is 18.0 Å². The SMILES string of the molecule is CC(C)c1nc(N[C@H]2CC[C@@H](C(=O)NCc3ccccc3)CC2)nc2ccccc12.O=C(O)C(F)(F)F. The quantitative estimate of drug-likeness (QED) is 0.390. The topological polar surface area (TPSA) is 104 Å². The number of carbonyl (C=O) groups is 2. The number of fused-ring (bicyclic) bond motifs is 1. The zero-order chi connectivity index (χ0) is 27.0. The molecule has 1 amide bonds. The van der Waals surface area contributed by atoms with Crippen LogP contribution in [0.25, 0.3) is 10.9 Å². The maximum absolute atomic E-state index is 12.5. The van der Waals surface area contributed by atoms with Crippen molar-refractivity contribution in [2.24, 2.45) is 5.92 Å². The molecule has 10 heteroatoms. The molecule has 1 saturated carbocycles. The van der Waals surface area contributed by atoms with Gasteiger partial charge in [0.15, 0.2) is 0 Å². The van der Waals surface area contributed by atoms with Gasteiger partial charge in [-0.2, -0.15) is 13.2 Å². The number of aromatic nitrogens is 2. The Hall–Kier alpha value is -3.69. The fourth-order valence-corrected chi connectivity index (χ4v) is 4.22. The molecule has 1 heterocycles. The largest absolute Gasteiger partial charge is 0.490 e. The Morgan fingerprint density at radius 3 is 2.16 bits per heavy atom. The van der Waals surface area contributed by atoms with E-state index in [0.717, 1.165) is 47.8 Å². The predicted molar refractivity (Wildman–Crippen MR) is 135 cm³/mol. The van der Waals surface area contributed by atoms with Crippen LogP contribution in [0.1, 0.15) is 56.7 Å². The monoisotopic (exact) mass is 516 g/mol. The molecule has 0 atom stereocenters. The zero-order valence-electron chi connectivity index (χ0n) is 20.8. The Balaban J connectivity index is 0.000000479. The second-order valence-corrected chi connectivity index (χ2v) is 9.30. The second-order valence-electron chi connectivity index (χ2n) is 9.30. The third kappa shape index (κ3) is 8.16. The van der Waals surface area contributed by atoms with E-state index >= 15 is 0 Å². The minimum Gasteiger partial charge on any atom is -0.475 e. The first-order valence-electron chi connectivity index (χ1n) is 12.2. The van der Waals surface area contributed by atoms with Gasteiger partial charge >= 0.3 is 12.1 Å². The highest BCUT2D eigenvalue weighted by atomic mass is 19.4. The molecule has 1 aromatic heterocycles. The number of hydrogen-bond donors (Lipinski definition) is 3. The van der Waals surface area contributed by atoms with Gasteiger partial charge in [0.2, 0.25) is 11.9 Å². The van der Waals surface area contributed by atoms with Crippen molar-refractivity contribution in [2.75, 3.05) is 5.32 Å². The zero-order valence-corrected chi connectivity index (χ0v) is 20.8. The smallest absolute Gasteiger partial charge is 0.475 e. The molecule has 0 saturated heterocycles. The maximum atomic E-state index is 12.5. The van der Waals surface area contributed by atoms with Crippen LogP contribution in [0.3, 0.4) is 0 Å². The van der Waals surface area contributed by atoms with E-state index in [1.54, 1.807) is 0 Å². The van der Waals surface area contributed by atoms with Crippen molar-refractivity contribution in [3.63, 3.8) is 0 Å². The normalized spacial score (nSPS) is 17.6. The minimum atomic E-state index is -5.08. The third-order valence-corrected chi connectivity index (χ3v) is 6.16. The number of nitrogens with one attached hydrogen (secondary N) is 2. The standard InChI is InChI=1S/C25H30N4O.C2HF3O2/c1-17(2)23-21-10-6-7-11-22(21)28-25(29-23)27-20-14-12-19(13-15-20)24(30)26-16-18-8-4-3-5-9-18;3-2(4,5)1(6)7/h3-11,17,19-20H,12-16H2,1-2H3,(H,26,30)(H,27,28,29);(H,6,7)/t19-,20+;. The summed E-state index contributed by atoms with van der Waals surface area (Å²) >= 11 is 0. The molecule has 198 valence electrons. The molecule has 3 aromatic rings. The molecule has 1 aliphatic rings. The van der Waals surface area contributed by atoms with Gasteiger partial charge in [0.1, 0.15) is 0 Å². The highest BCUT2D eigenvalue weighted by Gasteiger charge is 2.38. The summed E-state index contributed by atoms with van der Waals surface area (Å²) in [6.07, 6.45) is -1.39. The Morgan fingerprint density at radius 2 is 1.57 bits per heavy atom. The van der Waals surface area contributed by atoms with Crippen LogP contribution in [0.4, 0.5) is 19.1 Å². The van der Waals surface area contributed by atoms with Gasteiger partial charge in [-0.15, -0.1) is 0 Å². The summed E-state index contributed by atoms with van der Waals surface area (Å²) in [6, 6.07) is 18.6. The highest BCUT2D eigenvalue weighted by molar-refractivity contribution is 5.82. The van der Waals surface area contributed by atoms with Crippen LogP contribution < -0.4 is 10.6 Å². The summed E-state index contributed by atoms with van der Waals surface area (Å²) in [5, 5.41) is 14.9. The number of carboxylic acid groups (broad SMARTS) is 1. The first kappa shape index (κ1) is 27.9. The van der Waals surface area contributed by atoms with Crippen LogP contribution >= 0.6 is 0 Å². The number of alkyl halides is 3. The van der Waals surface area contributed by atoms with E-state index in [1.807, 2.05) is 48.5 Å². The summed E-state index contributed by atoms with van der Waals surface area (Å²) in [5.41, 5.74) is 3.19. The average molecular weight is 517 g/mol. The summed E-state index contributed by atoms with van der Waals surface area (Å²) < 4.78 is 31.7. The fourth-order valence-electron chi connectivity index (χ4n) is 4.22. The molecule has 4 rings (SSSR count). The number of nitrogens with zero attached hydrogens (tertiary/aromatic N) is 2. The molecule has 1 fully saturated rings. The first-order chi connectivity index (χ1) is 17.5. The van der Waals surface area contributed by atoms with Crippen molar-refractivity contribution in [1.29, 1.82) is 0 Å². The maximum Gasteiger partial charge on any atom is 0.490 e. The molecule has 0 unspecified atom stereocenters. The van der Waals surface area contributed by atoms with Crippen LogP contribution in [0.15, 0.2) is 54.6 Å². The second kappa shape index (κ2) is 12.5. The van der Waals surface area contributed by atoms with Crippen LogP contribution in [-0.2, 0) is 16.1 Å². The van der Waals surface area contributed by atoms with Gasteiger partial charge in [-0.05, 0) is 43.2 Å². The van der Waals surface area contributed by atoms with E-state index in [-0.39, 0.29) is 11.8 Å². The number of amides is 1. The van der Waals surface area contributed by atoms with Gasteiger partial charge in [0.05, 0.1) is 11.2 Å². The number of rotatable bonds is 6. The number of hydrogen-bond acceptors (Lipinski definition) is 5. The van der Waals surface area contributed by atoms with Crippen LogP contribution in [0.2, 0.25) is 0 Å². The predicted octanol–water partition coefficient (Wildman–Crippen LogP) is 5.67. The molecule has 37 heavy (non-hydrogen) atoms. The van der Waals surface area contributed by atoms with E-state index in [4.69, 9.17) is 19.9 Å². The Kier molecular flexibility index (Phi) is 9.43. The molecular formula is C27H31F3N4O3. The van der Waals surface area contributed by atoms with Crippen molar-refractivity contribution < 1.29 is 27.9 Å². The number of carbonyl (C=O) groups excluding carboxylic acids is 1. The number of anilines is 1. The van der Waals surface area contributed by atoms with Crippen molar-refractivity contribution in [3.05, 3.63) is 65.9 Å². The molecule has 0 spiro atoms. The van der Waals surface area contributed by atoms with E-state index in [1.165, 1.54) is 0 Å². The highest BCUT2D eigenvalue weighted by Crippen LogP contribution is 2.28. The average Bonchev–Trinajstić information content (AvgIpc) is 2.87. The van der Waals surface area contributed by atoms with E-state index < -0.39 is 12.1 Å². The summed E-state index contributed by atoms with van der Waals surface area (Å²) in [4.78, 5) is 31.0. The molecule has 2 aromatic carbocycles. The number of halogens is 3. The third-order valence-electron chi connectivity index (χ3n) is 6.16. The minimum absolute atomic E-state index is 0.0931. The molecule has 0 bridgehead atoms. The number of carboxylic acids is 1. The Bertz CT molecular complexity index is 1190. The lowest BCUT2D eigenvalue weighted by molar-refractivity contribution is -0.192. The molecule has 0 radical (unpaired) electrons. The molecule has 1 aliphatic carbocycles. The molecule has 7 nitrogen and oxygen atoms in total. The van der Waals surface area contributed by atoms with E-state index in [2.05, 4.69) is 30.5 Å². The van der Waals surface area contributed by atoms with E-state index in [0.29, 0.717) is 24.5 Å². The van der Waals surface area contributed by atoms with Crippen LogP contribution in [0, 0.1) is 5.92 Å². The van der Waals surface area contributed by atoms with Gasteiger partial charge in [0, 0.05) is 23.9 Å². The lowest BCUT2D eigenvalue weighted by atomic mass is 9.85. The van der Waals surface area contributed by atoms with Gasteiger partial charge < -0.3 is 15.7 Å².